The highest BCUT2D eigenvalue weighted by Gasteiger charge is 2.41. The third kappa shape index (κ3) is 4.99. The van der Waals surface area contributed by atoms with Crippen molar-refractivity contribution in [3.63, 3.8) is 0 Å². The number of thiocarbonyl (C=S) groups is 1. The predicted octanol–water partition coefficient (Wildman–Crippen LogP) is 4.89. The van der Waals surface area contributed by atoms with E-state index in [9.17, 15) is 4.79 Å². The summed E-state index contributed by atoms with van der Waals surface area (Å²) in [5.74, 6) is 0.773. The molecule has 1 amide bonds. The molecule has 2 N–H and O–H groups in total. The van der Waals surface area contributed by atoms with Crippen LogP contribution in [0, 0.1) is 13.8 Å². The molecule has 1 aliphatic heterocycles. The Morgan fingerprint density at radius 2 is 1.92 bits per heavy atom. The van der Waals surface area contributed by atoms with Gasteiger partial charge in [0.2, 0.25) is 5.91 Å². The molecule has 0 bridgehead atoms. The molecular weight excluding hydrogens is 468 g/mol. The van der Waals surface area contributed by atoms with E-state index in [1.54, 1.807) is 6.20 Å². The van der Waals surface area contributed by atoms with Crippen molar-refractivity contribution in [1.29, 1.82) is 0 Å². The standard InChI is InChI=1S/C28H28N6OS/c1-19-7-5-8-21(17-19)31-25(35)13-16-34-27(26(32-28(34)36)22-9-3-4-14-29-22)23-10-6-15-33(23)24-12-11-20(2)18-30-24/h3-12,14-15,17-18,26-27H,13,16H2,1-2H3,(H,31,35)(H,32,36)/t26-,27-/m1/s1. The minimum absolute atomic E-state index is 0.0565. The minimum atomic E-state index is -0.169. The molecule has 1 aliphatic rings. The largest absolute Gasteiger partial charge is 0.352 e. The molecular formula is C28H28N6OS. The molecule has 182 valence electrons. The number of anilines is 1. The van der Waals surface area contributed by atoms with Gasteiger partial charge in [0.15, 0.2) is 5.11 Å². The lowest BCUT2D eigenvalue weighted by Gasteiger charge is -2.28. The molecule has 0 spiro atoms. The third-order valence-electron chi connectivity index (χ3n) is 6.31. The van der Waals surface area contributed by atoms with E-state index >= 15 is 0 Å². The number of aromatic nitrogens is 3. The first kappa shape index (κ1) is 23.7. The lowest BCUT2D eigenvalue weighted by atomic mass is 10.0. The quantitative estimate of drug-likeness (QED) is 0.355. The molecule has 0 saturated carbocycles. The number of nitrogens with zero attached hydrogens (tertiary/aromatic N) is 4. The van der Waals surface area contributed by atoms with Crippen molar-refractivity contribution in [2.24, 2.45) is 0 Å². The average molecular weight is 497 g/mol. The Kier molecular flexibility index (Phi) is 6.77. The molecule has 0 radical (unpaired) electrons. The minimum Gasteiger partial charge on any atom is -0.352 e. The smallest absolute Gasteiger partial charge is 0.226 e. The number of carbonyl (C=O) groups is 1. The van der Waals surface area contributed by atoms with Gasteiger partial charge in [-0.3, -0.25) is 9.78 Å². The van der Waals surface area contributed by atoms with Crippen LogP contribution in [0.15, 0.2) is 85.3 Å². The van der Waals surface area contributed by atoms with E-state index in [1.807, 2.05) is 86.9 Å². The van der Waals surface area contributed by atoms with Crippen LogP contribution in [-0.2, 0) is 4.79 Å². The van der Waals surface area contributed by atoms with Gasteiger partial charge in [-0.15, -0.1) is 0 Å². The summed E-state index contributed by atoms with van der Waals surface area (Å²) in [6.45, 7) is 4.49. The highest BCUT2D eigenvalue weighted by Crippen LogP contribution is 2.39. The molecule has 4 aromatic rings. The number of carbonyl (C=O) groups excluding carboxylic acids is 1. The number of rotatable bonds is 7. The Labute approximate surface area is 216 Å². The normalized spacial score (nSPS) is 17.2. The van der Waals surface area contributed by atoms with Crippen molar-refractivity contribution in [2.75, 3.05) is 11.9 Å². The van der Waals surface area contributed by atoms with Crippen LogP contribution in [0.4, 0.5) is 5.69 Å². The molecule has 7 nitrogen and oxygen atoms in total. The van der Waals surface area contributed by atoms with Crippen molar-refractivity contribution in [1.82, 2.24) is 24.8 Å². The van der Waals surface area contributed by atoms with Gasteiger partial charge in [-0.25, -0.2) is 4.98 Å². The predicted molar refractivity (Wildman–Crippen MR) is 145 cm³/mol. The molecule has 1 fully saturated rings. The zero-order valence-electron chi connectivity index (χ0n) is 20.3. The topological polar surface area (TPSA) is 75.1 Å². The summed E-state index contributed by atoms with van der Waals surface area (Å²) in [5, 5.41) is 7.06. The lowest BCUT2D eigenvalue weighted by molar-refractivity contribution is -0.116. The monoisotopic (exact) mass is 496 g/mol. The van der Waals surface area contributed by atoms with E-state index in [1.165, 1.54) is 0 Å². The van der Waals surface area contributed by atoms with Crippen molar-refractivity contribution in [2.45, 2.75) is 32.4 Å². The molecule has 3 aromatic heterocycles. The fraction of sp³-hybridized carbons (Fsp3) is 0.214. The molecule has 4 heterocycles. The first-order valence-electron chi connectivity index (χ1n) is 11.9. The maximum absolute atomic E-state index is 12.8. The van der Waals surface area contributed by atoms with E-state index in [0.717, 1.165) is 34.0 Å². The molecule has 36 heavy (non-hydrogen) atoms. The SMILES string of the molecule is Cc1ccc(-n2cccc2[C@@H]2[C@@H](c3ccccn3)NC(=S)N2CCC(=O)Nc2cccc(C)c2)nc1. The molecule has 5 rings (SSSR count). The number of nitrogens with one attached hydrogen (secondary N) is 2. The lowest BCUT2D eigenvalue weighted by Crippen LogP contribution is -2.33. The zero-order chi connectivity index (χ0) is 25.1. The molecule has 1 aromatic carbocycles. The second kappa shape index (κ2) is 10.3. The van der Waals surface area contributed by atoms with Crippen molar-refractivity contribution in [3.8, 4) is 5.82 Å². The Balaban J connectivity index is 1.44. The van der Waals surface area contributed by atoms with Crippen LogP contribution in [0.25, 0.3) is 5.82 Å². The van der Waals surface area contributed by atoms with Crippen LogP contribution < -0.4 is 10.6 Å². The summed E-state index contributed by atoms with van der Waals surface area (Å²) in [6.07, 6.45) is 5.95. The van der Waals surface area contributed by atoms with Crippen LogP contribution >= 0.6 is 12.2 Å². The first-order chi connectivity index (χ1) is 17.5. The van der Waals surface area contributed by atoms with Gasteiger partial charge in [-0.1, -0.05) is 24.3 Å². The van der Waals surface area contributed by atoms with E-state index in [0.29, 0.717) is 18.1 Å². The summed E-state index contributed by atoms with van der Waals surface area (Å²) in [6, 6.07) is 21.5. The Morgan fingerprint density at radius 3 is 2.67 bits per heavy atom. The van der Waals surface area contributed by atoms with E-state index in [-0.39, 0.29) is 18.0 Å². The Morgan fingerprint density at radius 1 is 1.03 bits per heavy atom. The number of hydrogen-bond donors (Lipinski definition) is 2. The molecule has 1 saturated heterocycles. The fourth-order valence-corrected chi connectivity index (χ4v) is 4.91. The maximum Gasteiger partial charge on any atom is 0.226 e. The van der Waals surface area contributed by atoms with Gasteiger partial charge in [0.05, 0.1) is 17.8 Å². The number of benzene rings is 1. The van der Waals surface area contributed by atoms with E-state index < -0.39 is 0 Å². The van der Waals surface area contributed by atoms with Crippen molar-refractivity contribution >= 4 is 28.9 Å². The van der Waals surface area contributed by atoms with Gasteiger partial charge < -0.3 is 20.1 Å². The average Bonchev–Trinajstić information content (AvgIpc) is 3.48. The molecule has 8 heteroatoms. The number of hydrogen-bond acceptors (Lipinski definition) is 4. The van der Waals surface area contributed by atoms with Gasteiger partial charge in [-0.05, 0) is 79.7 Å². The van der Waals surface area contributed by atoms with Crippen LogP contribution in [0.2, 0.25) is 0 Å². The van der Waals surface area contributed by atoms with Gasteiger partial charge >= 0.3 is 0 Å². The summed E-state index contributed by atoms with van der Waals surface area (Å²) in [4.78, 5) is 24.2. The van der Waals surface area contributed by atoms with Gasteiger partial charge in [0.25, 0.3) is 0 Å². The van der Waals surface area contributed by atoms with Crippen LogP contribution in [-0.4, -0.2) is 37.0 Å². The van der Waals surface area contributed by atoms with Gasteiger partial charge in [0, 0.05) is 42.9 Å². The Bertz CT molecular complexity index is 1370. The second-order valence-electron chi connectivity index (χ2n) is 8.98. The molecule has 2 atom stereocenters. The Hall–Kier alpha value is -4.04. The third-order valence-corrected chi connectivity index (χ3v) is 6.66. The van der Waals surface area contributed by atoms with Crippen LogP contribution in [0.3, 0.4) is 0 Å². The fourth-order valence-electron chi connectivity index (χ4n) is 4.58. The first-order valence-corrected chi connectivity index (χ1v) is 12.4. The summed E-state index contributed by atoms with van der Waals surface area (Å²) in [5.41, 5.74) is 4.91. The van der Waals surface area contributed by atoms with Crippen LogP contribution in [0.5, 0.6) is 0 Å². The summed E-state index contributed by atoms with van der Waals surface area (Å²) >= 11 is 5.77. The molecule has 0 aliphatic carbocycles. The number of pyridine rings is 2. The van der Waals surface area contributed by atoms with Gasteiger partial charge in [0.1, 0.15) is 5.82 Å². The summed E-state index contributed by atoms with van der Waals surface area (Å²) < 4.78 is 2.08. The second-order valence-corrected chi connectivity index (χ2v) is 9.37. The maximum atomic E-state index is 12.8. The highest BCUT2D eigenvalue weighted by molar-refractivity contribution is 7.80. The molecule has 0 unspecified atom stereocenters. The number of aryl methyl sites for hydroxylation is 2. The zero-order valence-corrected chi connectivity index (χ0v) is 21.1. The van der Waals surface area contributed by atoms with E-state index in [4.69, 9.17) is 12.2 Å². The summed E-state index contributed by atoms with van der Waals surface area (Å²) in [7, 11) is 0. The van der Waals surface area contributed by atoms with Crippen molar-refractivity contribution < 1.29 is 4.79 Å². The number of amides is 1. The van der Waals surface area contributed by atoms with Crippen molar-refractivity contribution in [3.05, 3.63) is 108 Å². The van der Waals surface area contributed by atoms with Crippen LogP contribution in [0.1, 0.15) is 41.0 Å². The highest BCUT2D eigenvalue weighted by atomic mass is 32.1. The van der Waals surface area contributed by atoms with Gasteiger partial charge in [-0.2, -0.15) is 0 Å². The van der Waals surface area contributed by atoms with E-state index in [2.05, 4.69) is 36.1 Å².